The fourth-order valence-electron chi connectivity index (χ4n) is 1.40. The molecule has 0 heterocycles. The van der Waals surface area contributed by atoms with E-state index in [2.05, 4.69) is 13.8 Å². The molecule has 1 unspecified atom stereocenters. The predicted octanol–water partition coefficient (Wildman–Crippen LogP) is 2.51. The van der Waals surface area contributed by atoms with Crippen LogP contribution in [0, 0.1) is 5.92 Å². The van der Waals surface area contributed by atoms with Crippen LogP contribution in [0.5, 0.6) is 0 Å². The molecule has 0 amide bonds. The maximum absolute atomic E-state index is 11.5. The summed E-state index contributed by atoms with van der Waals surface area (Å²) >= 11 is 0. The van der Waals surface area contributed by atoms with Gasteiger partial charge in [0.05, 0.1) is 6.61 Å². The van der Waals surface area contributed by atoms with Crippen LogP contribution in [0.15, 0.2) is 0 Å². The van der Waals surface area contributed by atoms with Gasteiger partial charge < -0.3 is 4.74 Å². The average molecular weight is 248 g/mol. The van der Waals surface area contributed by atoms with Crippen LogP contribution in [-0.4, -0.2) is 28.3 Å². The quantitative estimate of drug-likeness (QED) is 0.465. The Balaban J connectivity index is 3.33. The zero-order valence-corrected chi connectivity index (χ0v) is 11.5. The van der Waals surface area contributed by atoms with E-state index in [9.17, 15) is 9.00 Å². The van der Waals surface area contributed by atoms with Crippen molar-refractivity contribution < 1.29 is 13.7 Å². The van der Waals surface area contributed by atoms with Crippen molar-refractivity contribution in [3.63, 3.8) is 0 Å². The van der Waals surface area contributed by atoms with Crippen LogP contribution in [0.4, 0.5) is 0 Å². The van der Waals surface area contributed by atoms with Gasteiger partial charge in [-0.05, 0) is 25.7 Å². The predicted molar refractivity (Wildman–Crippen MR) is 67.8 cm³/mol. The molecule has 0 aromatic rings. The maximum atomic E-state index is 11.5. The second-order valence-electron chi connectivity index (χ2n) is 4.32. The third-order valence-electron chi connectivity index (χ3n) is 2.08. The van der Waals surface area contributed by atoms with E-state index in [0.29, 0.717) is 18.9 Å². The van der Waals surface area contributed by atoms with Gasteiger partial charge in [0.2, 0.25) is 0 Å². The first kappa shape index (κ1) is 15.6. The van der Waals surface area contributed by atoms with Crippen molar-refractivity contribution >= 4 is 16.8 Å². The minimum atomic E-state index is -0.684. The molecule has 0 saturated heterocycles. The Morgan fingerprint density at radius 2 is 1.94 bits per heavy atom. The second kappa shape index (κ2) is 9.82. The van der Waals surface area contributed by atoms with Gasteiger partial charge in [0.25, 0.3) is 0 Å². The summed E-state index contributed by atoms with van der Waals surface area (Å²) in [4.78, 5) is 11.0. The van der Waals surface area contributed by atoms with E-state index in [-0.39, 0.29) is 5.97 Å². The summed E-state index contributed by atoms with van der Waals surface area (Å²) in [5.41, 5.74) is 0. The Morgan fingerprint density at radius 1 is 1.25 bits per heavy atom. The minimum Gasteiger partial charge on any atom is -0.466 e. The molecule has 0 fully saturated rings. The van der Waals surface area contributed by atoms with Crippen molar-refractivity contribution in [1.29, 1.82) is 0 Å². The maximum Gasteiger partial charge on any atom is 0.305 e. The summed E-state index contributed by atoms with van der Waals surface area (Å²) in [6, 6.07) is 0. The van der Waals surface area contributed by atoms with Gasteiger partial charge in [-0.15, -0.1) is 0 Å². The molecule has 0 aliphatic rings. The highest BCUT2D eigenvalue weighted by atomic mass is 32.2. The van der Waals surface area contributed by atoms with E-state index in [1.54, 1.807) is 0 Å². The first-order valence-electron chi connectivity index (χ1n) is 6.06. The molecule has 0 rings (SSSR count). The molecule has 1 atom stereocenters. The average Bonchev–Trinajstić information content (AvgIpc) is 2.16. The summed E-state index contributed by atoms with van der Waals surface area (Å²) in [5.74, 6) is 1.94. The highest BCUT2D eigenvalue weighted by Crippen LogP contribution is 2.04. The standard InChI is InChI=1S/C12H24O3S/c1-4-15-12(13)8-6-5-7-9-16(14)10-11(2)3/h11H,4-10H2,1-3H3. The third kappa shape index (κ3) is 10.1. The van der Waals surface area contributed by atoms with E-state index in [1.807, 2.05) is 6.92 Å². The fraction of sp³-hybridized carbons (Fsp3) is 0.917. The van der Waals surface area contributed by atoms with Gasteiger partial charge in [-0.1, -0.05) is 20.3 Å². The van der Waals surface area contributed by atoms with Gasteiger partial charge in [-0.25, -0.2) is 0 Å². The molecule has 0 aliphatic carbocycles. The molecular formula is C12H24O3S. The molecule has 0 saturated carbocycles. The van der Waals surface area contributed by atoms with Crippen LogP contribution in [0.2, 0.25) is 0 Å². The zero-order valence-electron chi connectivity index (χ0n) is 10.7. The third-order valence-corrected chi connectivity index (χ3v) is 3.86. The molecule has 0 radical (unpaired) electrons. The van der Waals surface area contributed by atoms with E-state index >= 15 is 0 Å². The number of hydrogen-bond donors (Lipinski definition) is 0. The van der Waals surface area contributed by atoms with Crippen LogP contribution >= 0.6 is 0 Å². The van der Waals surface area contributed by atoms with E-state index in [1.165, 1.54) is 0 Å². The van der Waals surface area contributed by atoms with Crippen molar-refractivity contribution in [2.45, 2.75) is 46.5 Å². The van der Waals surface area contributed by atoms with E-state index in [0.717, 1.165) is 30.8 Å². The molecule has 3 nitrogen and oxygen atoms in total. The molecule has 0 aliphatic heterocycles. The van der Waals surface area contributed by atoms with E-state index < -0.39 is 10.8 Å². The Labute approximate surface area is 101 Å². The SMILES string of the molecule is CCOC(=O)CCCCCS(=O)CC(C)C. The van der Waals surface area contributed by atoms with Gasteiger partial charge in [-0.3, -0.25) is 9.00 Å². The van der Waals surface area contributed by atoms with Gasteiger partial charge in [0.1, 0.15) is 0 Å². The van der Waals surface area contributed by atoms with Gasteiger partial charge in [0.15, 0.2) is 0 Å². The first-order chi connectivity index (χ1) is 7.56. The number of carbonyl (C=O) groups is 1. The summed E-state index contributed by atoms with van der Waals surface area (Å²) < 4.78 is 16.3. The molecule has 16 heavy (non-hydrogen) atoms. The smallest absolute Gasteiger partial charge is 0.305 e. The molecule has 4 heteroatoms. The summed E-state index contributed by atoms with van der Waals surface area (Å²) in [6.07, 6.45) is 3.24. The van der Waals surface area contributed by atoms with E-state index in [4.69, 9.17) is 4.74 Å². The van der Waals surface area contributed by atoms with Crippen molar-refractivity contribution in [3.05, 3.63) is 0 Å². The lowest BCUT2D eigenvalue weighted by Crippen LogP contribution is -2.08. The number of ether oxygens (including phenoxy) is 1. The lowest BCUT2D eigenvalue weighted by Gasteiger charge is -2.05. The number of unbranched alkanes of at least 4 members (excludes halogenated alkanes) is 2. The van der Waals surface area contributed by atoms with Crippen LogP contribution in [0.3, 0.4) is 0 Å². The van der Waals surface area contributed by atoms with Crippen LogP contribution in [0.1, 0.15) is 46.5 Å². The molecule has 0 N–H and O–H groups in total. The first-order valence-corrected chi connectivity index (χ1v) is 7.55. The number of hydrogen-bond acceptors (Lipinski definition) is 3. The Hall–Kier alpha value is -0.380. The Bertz CT molecular complexity index is 214. The molecule has 0 aromatic heterocycles. The van der Waals surface area contributed by atoms with Crippen molar-refractivity contribution in [2.24, 2.45) is 5.92 Å². The monoisotopic (exact) mass is 248 g/mol. The number of esters is 1. The molecule has 0 bridgehead atoms. The van der Waals surface area contributed by atoms with Gasteiger partial charge in [0, 0.05) is 28.7 Å². The topological polar surface area (TPSA) is 43.4 Å². The molecule has 0 aromatic carbocycles. The Kier molecular flexibility index (Phi) is 9.59. The highest BCUT2D eigenvalue weighted by Gasteiger charge is 2.04. The molecule has 96 valence electrons. The van der Waals surface area contributed by atoms with Crippen molar-refractivity contribution in [1.82, 2.24) is 0 Å². The highest BCUT2D eigenvalue weighted by molar-refractivity contribution is 7.84. The van der Waals surface area contributed by atoms with Gasteiger partial charge >= 0.3 is 5.97 Å². The zero-order chi connectivity index (χ0) is 12.4. The fourth-order valence-corrected chi connectivity index (χ4v) is 2.83. The largest absolute Gasteiger partial charge is 0.466 e. The van der Waals surface area contributed by atoms with Crippen molar-refractivity contribution in [2.75, 3.05) is 18.1 Å². The lowest BCUT2D eigenvalue weighted by atomic mass is 10.2. The second-order valence-corrected chi connectivity index (χ2v) is 5.94. The van der Waals surface area contributed by atoms with Crippen LogP contribution < -0.4 is 0 Å². The summed E-state index contributed by atoms with van der Waals surface area (Å²) in [7, 11) is -0.684. The minimum absolute atomic E-state index is 0.120. The molecular weight excluding hydrogens is 224 g/mol. The number of carbonyl (C=O) groups excluding carboxylic acids is 1. The lowest BCUT2D eigenvalue weighted by molar-refractivity contribution is -0.143. The Morgan fingerprint density at radius 3 is 2.50 bits per heavy atom. The number of rotatable bonds is 9. The molecule has 0 spiro atoms. The summed E-state index contributed by atoms with van der Waals surface area (Å²) in [5, 5.41) is 0. The van der Waals surface area contributed by atoms with Gasteiger partial charge in [-0.2, -0.15) is 0 Å². The normalized spacial score (nSPS) is 12.8. The summed E-state index contributed by atoms with van der Waals surface area (Å²) in [6.45, 7) is 6.43. The van der Waals surface area contributed by atoms with Crippen LogP contribution in [0.25, 0.3) is 0 Å². The van der Waals surface area contributed by atoms with Crippen molar-refractivity contribution in [3.8, 4) is 0 Å². The van der Waals surface area contributed by atoms with Crippen LogP contribution in [-0.2, 0) is 20.3 Å².